The lowest BCUT2D eigenvalue weighted by molar-refractivity contribution is 0.666. The van der Waals surface area contributed by atoms with Crippen LogP contribution in [0.3, 0.4) is 0 Å². The molecule has 0 saturated carbocycles. The van der Waals surface area contributed by atoms with Crippen molar-refractivity contribution in [1.82, 2.24) is 9.13 Å². The van der Waals surface area contributed by atoms with E-state index in [1.165, 1.54) is 16.3 Å². The summed E-state index contributed by atoms with van der Waals surface area (Å²) in [7, 11) is 0. The maximum absolute atomic E-state index is 9.66. The van der Waals surface area contributed by atoms with E-state index in [1.54, 1.807) is 0 Å². The molecule has 0 amide bonds. The average Bonchev–Trinajstić information content (AvgIpc) is 3.71. The lowest BCUT2D eigenvalue weighted by Gasteiger charge is -2.10. The minimum atomic E-state index is 0.567. The number of furan rings is 1. The van der Waals surface area contributed by atoms with Crippen molar-refractivity contribution in [2.45, 2.75) is 6.92 Å². The number of hydrogen-bond donors (Lipinski definition) is 0. The van der Waals surface area contributed by atoms with Crippen LogP contribution >= 0.6 is 0 Å². The summed E-state index contributed by atoms with van der Waals surface area (Å²) in [6.45, 7) is 9.73. The van der Waals surface area contributed by atoms with Gasteiger partial charge in [0.15, 0.2) is 11.3 Å². The average molecular weight is 563 g/mol. The van der Waals surface area contributed by atoms with Crippen molar-refractivity contribution in [1.29, 1.82) is 5.26 Å². The molecule has 3 aromatic heterocycles. The van der Waals surface area contributed by atoms with Crippen molar-refractivity contribution < 1.29 is 4.42 Å². The monoisotopic (exact) mass is 562 g/mol. The highest BCUT2D eigenvalue weighted by molar-refractivity contribution is 6.17. The summed E-state index contributed by atoms with van der Waals surface area (Å²) in [5.74, 6) is 0. The third-order valence-electron chi connectivity index (χ3n) is 8.80. The maximum Gasteiger partial charge on any atom is 0.188 e. The summed E-state index contributed by atoms with van der Waals surface area (Å²) in [6.07, 6.45) is 0. The van der Waals surface area contributed by atoms with Crippen molar-refractivity contribution in [3.63, 3.8) is 0 Å². The molecular weight excluding hydrogens is 540 g/mol. The van der Waals surface area contributed by atoms with E-state index in [9.17, 15) is 5.26 Å². The standard InChI is InChI=1S/C39H22N4O/c1-23-13-16-32-28(19-23)26-7-3-4-9-31(26)43(32)36-11-5-8-27-38-35(10-6-12-37(38)44-39(27)36)42-33-17-14-24(22-40)20-29(33)30-21-25(41-2)15-18-34(30)42/h3-21H,1H3. The van der Waals surface area contributed by atoms with E-state index in [-0.39, 0.29) is 0 Å². The molecule has 9 rings (SSSR count). The molecule has 0 saturated heterocycles. The quantitative estimate of drug-likeness (QED) is 0.197. The van der Waals surface area contributed by atoms with Gasteiger partial charge in [-0.25, -0.2) is 4.85 Å². The van der Waals surface area contributed by atoms with Gasteiger partial charge in [-0.1, -0.05) is 54.1 Å². The van der Waals surface area contributed by atoms with Gasteiger partial charge in [0.1, 0.15) is 5.58 Å². The largest absolute Gasteiger partial charge is 0.454 e. The highest BCUT2D eigenvalue weighted by atomic mass is 16.3. The Bertz CT molecular complexity index is 2690. The molecule has 0 N–H and O–H groups in total. The van der Waals surface area contributed by atoms with Crippen LogP contribution in [0.2, 0.25) is 0 Å². The summed E-state index contributed by atoms with van der Waals surface area (Å²) >= 11 is 0. The Kier molecular flexibility index (Phi) is 4.89. The fourth-order valence-corrected chi connectivity index (χ4v) is 6.93. The Hall–Kier alpha value is -6.30. The molecule has 0 unspecified atom stereocenters. The number of aryl methyl sites for hydroxylation is 1. The molecule has 0 aliphatic carbocycles. The van der Waals surface area contributed by atoms with E-state index in [1.807, 2.05) is 48.5 Å². The molecule has 6 aromatic carbocycles. The van der Waals surface area contributed by atoms with Crippen molar-refractivity contribution in [2.75, 3.05) is 0 Å². The maximum atomic E-state index is 9.66. The van der Waals surface area contributed by atoms with Crippen LogP contribution in [0.25, 0.3) is 81.8 Å². The van der Waals surface area contributed by atoms with Gasteiger partial charge >= 0.3 is 0 Å². The molecular formula is C39H22N4O. The van der Waals surface area contributed by atoms with Gasteiger partial charge in [0.2, 0.25) is 0 Å². The first-order chi connectivity index (χ1) is 21.6. The highest BCUT2D eigenvalue weighted by Crippen LogP contribution is 2.42. The Labute approximate surface area is 251 Å². The number of fused-ring (bicyclic) bond motifs is 9. The predicted octanol–water partition coefficient (Wildman–Crippen LogP) is 10.5. The van der Waals surface area contributed by atoms with Crippen LogP contribution in [0.4, 0.5) is 5.69 Å². The summed E-state index contributed by atoms with van der Waals surface area (Å²) < 4.78 is 11.3. The number of aromatic nitrogens is 2. The Morgan fingerprint density at radius 3 is 2.14 bits per heavy atom. The smallest absolute Gasteiger partial charge is 0.188 e. The van der Waals surface area contributed by atoms with Crippen molar-refractivity contribution in [3.8, 4) is 17.4 Å². The first kappa shape index (κ1) is 24.3. The number of rotatable bonds is 2. The Morgan fingerprint density at radius 2 is 1.30 bits per heavy atom. The third-order valence-corrected chi connectivity index (χ3v) is 8.80. The van der Waals surface area contributed by atoms with E-state index < -0.39 is 0 Å². The van der Waals surface area contributed by atoms with Crippen LogP contribution in [0, 0.1) is 24.8 Å². The van der Waals surface area contributed by atoms with Crippen LogP contribution in [-0.2, 0) is 0 Å². The molecule has 5 heteroatoms. The van der Waals surface area contributed by atoms with Gasteiger partial charge in [0, 0.05) is 21.5 Å². The number of nitriles is 1. The topological polar surface area (TPSA) is 51.1 Å². The van der Waals surface area contributed by atoms with E-state index in [2.05, 4.69) is 93.7 Å². The fraction of sp³-hybridized carbons (Fsp3) is 0.0256. The van der Waals surface area contributed by atoms with Gasteiger partial charge in [-0.2, -0.15) is 5.26 Å². The summed E-state index contributed by atoms with van der Waals surface area (Å²) in [4.78, 5) is 3.68. The molecule has 0 bridgehead atoms. The van der Waals surface area contributed by atoms with Gasteiger partial charge in [0.05, 0.1) is 57.0 Å². The molecule has 3 heterocycles. The molecule has 0 fully saturated rings. The molecule has 0 aliphatic heterocycles. The highest BCUT2D eigenvalue weighted by Gasteiger charge is 2.21. The molecule has 0 atom stereocenters. The van der Waals surface area contributed by atoms with Crippen LogP contribution < -0.4 is 0 Å². The second-order valence-electron chi connectivity index (χ2n) is 11.3. The van der Waals surface area contributed by atoms with Gasteiger partial charge in [-0.05, 0) is 79.0 Å². The van der Waals surface area contributed by atoms with Crippen molar-refractivity contribution in [3.05, 3.63) is 138 Å². The van der Waals surface area contributed by atoms with Crippen LogP contribution in [0.1, 0.15) is 11.1 Å². The first-order valence-electron chi connectivity index (χ1n) is 14.5. The SMILES string of the molecule is [C-]#[N+]c1ccc2c(c1)c1cc(C#N)ccc1n2-c1cccc2oc3c(-n4c5ccccc5c5cc(C)ccc54)cccc3c12. The Balaban J connectivity index is 1.40. The van der Waals surface area contributed by atoms with Crippen LogP contribution in [0.5, 0.6) is 0 Å². The minimum Gasteiger partial charge on any atom is -0.454 e. The van der Waals surface area contributed by atoms with E-state index in [0.29, 0.717) is 11.3 Å². The number of nitrogens with zero attached hydrogens (tertiary/aromatic N) is 4. The zero-order valence-electron chi connectivity index (χ0n) is 23.7. The molecule has 44 heavy (non-hydrogen) atoms. The summed E-state index contributed by atoms with van der Waals surface area (Å²) in [5.41, 5.74) is 10.2. The number of para-hydroxylation sites is 2. The minimum absolute atomic E-state index is 0.567. The second-order valence-corrected chi connectivity index (χ2v) is 11.3. The van der Waals surface area contributed by atoms with Crippen molar-refractivity contribution in [2.24, 2.45) is 0 Å². The first-order valence-corrected chi connectivity index (χ1v) is 14.5. The van der Waals surface area contributed by atoms with E-state index >= 15 is 0 Å². The van der Waals surface area contributed by atoms with Gasteiger partial charge < -0.3 is 13.6 Å². The predicted molar refractivity (Wildman–Crippen MR) is 178 cm³/mol. The van der Waals surface area contributed by atoms with Crippen molar-refractivity contribution >= 4 is 71.2 Å². The number of hydrogen-bond acceptors (Lipinski definition) is 2. The van der Waals surface area contributed by atoms with Crippen LogP contribution in [0.15, 0.2) is 120 Å². The molecule has 9 aromatic rings. The molecule has 0 radical (unpaired) electrons. The molecule has 0 aliphatic rings. The third kappa shape index (κ3) is 3.21. The lowest BCUT2D eigenvalue weighted by atomic mass is 10.1. The van der Waals surface area contributed by atoms with Gasteiger partial charge in [0.25, 0.3) is 0 Å². The van der Waals surface area contributed by atoms with E-state index in [0.717, 1.165) is 66.2 Å². The fourth-order valence-electron chi connectivity index (χ4n) is 6.93. The summed E-state index contributed by atoms with van der Waals surface area (Å²) in [6, 6.07) is 41.5. The zero-order chi connectivity index (χ0) is 29.5. The lowest BCUT2D eigenvalue weighted by Crippen LogP contribution is -1.95. The van der Waals surface area contributed by atoms with Gasteiger partial charge in [-0.15, -0.1) is 0 Å². The molecule has 204 valence electrons. The zero-order valence-corrected chi connectivity index (χ0v) is 23.7. The van der Waals surface area contributed by atoms with E-state index in [4.69, 9.17) is 11.0 Å². The summed E-state index contributed by atoms with van der Waals surface area (Å²) in [5, 5.41) is 16.0. The number of benzene rings is 6. The molecule has 5 nitrogen and oxygen atoms in total. The molecule has 0 spiro atoms. The normalized spacial score (nSPS) is 11.7. The Morgan fingerprint density at radius 1 is 0.636 bits per heavy atom. The van der Waals surface area contributed by atoms with Gasteiger partial charge in [-0.3, -0.25) is 0 Å². The van der Waals surface area contributed by atoms with Crippen LogP contribution in [-0.4, -0.2) is 9.13 Å². The second kappa shape index (κ2) is 8.85.